The van der Waals surface area contributed by atoms with E-state index in [1.165, 1.54) is 27.5 Å². The van der Waals surface area contributed by atoms with Gasteiger partial charge >= 0.3 is 0 Å². The Morgan fingerprint density at radius 2 is 1.46 bits per heavy atom. The van der Waals surface area contributed by atoms with Crippen LogP contribution in [-0.4, -0.2) is 4.98 Å². The van der Waals surface area contributed by atoms with Gasteiger partial charge in [-0.15, -0.1) is 0 Å². The molecule has 0 saturated carbocycles. The largest absolute Gasteiger partial charge is 0.256 e. The van der Waals surface area contributed by atoms with Crippen molar-refractivity contribution in [3.05, 3.63) is 102 Å². The van der Waals surface area contributed by atoms with Crippen LogP contribution in [0.2, 0.25) is 0 Å². The van der Waals surface area contributed by atoms with Crippen molar-refractivity contribution < 1.29 is 0 Å². The highest BCUT2D eigenvalue weighted by molar-refractivity contribution is 5.83. The van der Waals surface area contributed by atoms with E-state index in [-0.39, 0.29) is 0 Å². The summed E-state index contributed by atoms with van der Waals surface area (Å²) in [6.07, 6.45) is 1.85. The van der Waals surface area contributed by atoms with Crippen LogP contribution in [0.25, 0.3) is 22.0 Å². The summed E-state index contributed by atoms with van der Waals surface area (Å²) in [5.74, 6) is 0.313. The van der Waals surface area contributed by atoms with Crippen LogP contribution in [0, 0.1) is 0 Å². The Hall–Kier alpha value is -2.93. The van der Waals surface area contributed by atoms with Crippen molar-refractivity contribution in [1.29, 1.82) is 0 Å². The van der Waals surface area contributed by atoms with Gasteiger partial charge < -0.3 is 0 Å². The van der Waals surface area contributed by atoms with Crippen LogP contribution in [0.1, 0.15) is 24.0 Å². The second-order valence-corrected chi connectivity index (χ2v) is 6.13. The van der Waals surface area contributed by atoms with Gasteiger partial charge in [-0.25, -0.2) is 0 Å². The van der Waals surface area contributed by atoms with Crippen LogP contribution in [0.4, 0.5) is 0 Å². The minimum Gasteiger partial charge on any atom is -0.256 e. The van der Waals surface area contributed by atoms with Gasteiger partial charge in [0, 0.05) is 17.7 Å². The first-order valence-corrected chi connectivity index (χ1v) is 8.32. The maximum Gasteiger partial charge on any atom is 0.0704 e. The molecule has 0 aliphatic rings. The Balaban J connectivity index is 1.80. The number of benzene rings is 3. The molecular weight excluding hydrogens is 290 g/mol. The quantitative estimate of drug-likeness (QED) is 0.448. The monoisotopic (exact) mass is 309 g/mol. The fourth-order valence-corrected chi connectivity index (χ4v) is 3.29. The highest BCUT2D eigenvalue weighted by Crippen LogP contribution is 2.33. The number of hydrogen-bond donors (Lipinski definition) is 0. The van der Waals surface area contributed by atoms with E-state index in [2.05, 4.69) is 84.7 Å². The fourth-order valence-electron chi connectivity index (χ4n) is 3.29. The normalized spacial score (nSPS) is 12.2. The number of rotatable bonds is 3. The lowest BCUT2D eigenvalue weighted by atomic mass is 9.87. The van der Waals surface area contributed by atoms with E-state index in [1.807, 2.05) is 18.3 Å². The average molecular weight is 309 g/mol. The molecule has 0 aliphatic heterocycles. The van der Waals surface area contributed by atoms with E-state index in [1.54, 1.807) is 0 Å². The Bertz CT molecular complexity index is 973. The smallest absolute Gasteiger partial charge is 0.0704 e. The Morgan fingerprint density at radius 3 is 2.29 bits per heavy atom. The lowest BCUT2D eigenvalue weighted by molar-refractivity contribution is 0.926. The van der Waals surface area contributed by atoms with Crippen molar-refractivity contribution in [2.45, 2.75) is 12.8 Å². The van der Waals surface area contributed by atoms with E-state index in [0.717, 1.165) is 5.69 Å². The number of fused-ring (bicyclic) bond motifs is 1. The van der Waals surface area contributed by atoms with Crippen molar-refractivity contribution in [1.82, 2.24) is 4.98 Å². The van der Waals surface area contributed by atoms with Crippen molar-refractivity contribution in [2.24, 2.45) is 0 Å². The number of pyridine rings is 1. The van der Waals surface area contributed by atoms with Crippen molar-refractivity contribution in [3.8, 4) is 11.3 Å². The second kappa shape index (κ2) is 6.29. The molecule has 24 heavy (non-hydrogen) atoms. The van der Waals surface area contributed by atoms with Gasteiger partial charge in [0.05, 0.1) is 5.69 Å². The Kier molecular flexibility index (Phi) is 3.84. The zero-order valence-electron chi connectivity index (χ0n) is 13.7. The van der Waals surface area contributed by atoms with Gasteiger partial charge in [0.1, 0.15) is 0 Å². The molecule has 1 heterocycles. The first-order chi connectivity index (χ1) is 11.8. The predicted molar refractivity (Wildman–Crippen MR) is 101 cm³/mol. The second-order valence-electron chi connectivity index (χ2n) is 6.13. The number of aromatic nitrogens is 1. The Labute approximate surface area is 142 Å². The summed E-state index contributed by atoms with van der Waals surface area (Å²) in [7, 11) is 0. The van der Waals surface area contributed by atoms with E-state index < -0.39 is 0 Å². The molecule has 1 heteroatoms. The maximum absolute atomic E-state index is 4.54. The molecule has 116 valence electrons. The van der Waals surface area contributed by atoms with Crippen LogP contribution in [0.3, 0.4) is 0 Å². The van der Waals surface area contributed by atoms with Gasteiger partial charge in [0.25, 0.3) is 0 Å². The molecule has 0 amide bonds. The Morgan fingerprint density at radius 1 is 0.708 bits per heavy atom. The number of nitrogens with zero attached hydrogens (tertiary/aromatic N) is 1. The average Bonchev–Trinajstić information content (AvgIpc) is 2.68. The van der Waals surface area contributed by atoms with Crippen molar-refractivity contribution in [2.75, 3.05) is 0 Å². The summed E-state index contributed by atoms with van der Waals surface area (Å²) in [5.41, 5.74) is 4.88. The topological polar surface area (TPSA) is 12.9 Å². The van der Waals surface area contributed by atoms with Gasteiger partial charge in [-0.1, -0.05) is 79.7 Å². The minimum absolute atomic E-state index is 0.313. The standard InChI is InChI=1S/C23H19N/c1-17(19-14-13-18-8-2-3-9-20(18)16-19)21-10-4-5-11-22(21)23-12-6-7-15-24-23/h2-17H,1H3. The summed E-state index contributed by atoms with van der Waals surface area (Å²) in [5, 5.41) is 2.57. The van der Waals surface area contributed by atoms with Crippen molar-refractivity contribution in [3.63, 3.8) is 0 Å². The maximum atomic E-state index is 4.54. The molecule has 0 saturated heterocycles. The lowest BCUT2D eigenvalue weighted by Crippen LogP contribution is -1.99. The van der Waals surface area contributed by atoms with Gasteiger partial charge in [-0.3, -0.25) is 4.98 Å². The molecule has 0 spiro atoms. The highest BCUT2D eigenvalue weighted by Gasteiger charge is 2.14. The van der Waals surface area contributed by atoms with Crippen LogP contribution >= 0.6 is 0 Å². The summed E-state index contributed by atoms with van der Waals surface area (Å²) in [6.45, 7) is 2.27. The molecule has 0 fully saturated rings. The third kappa shape index (κ3) is 2.69. The summed E-state index contributed by atoms with van der Waals surface area (Å²) in [4.78, 5) is 4.54. The number of hydrogen-bond acceptors (Lipinski definition) is 1. The summed E-state index contributed by atoms with van der Waals surface area (Å²) < 4.78 is 0. The molecule has 0 N–H and O–H groups in total. The predicted octanol–water partition coefficient (Wildman–Crippen LogP) is 6.05. The minimum atomic E-state index is 0.313. The van der Waals surface area contributed by atoms with Crippen LogP contribution in [-0.2, 0) is 0 Å². The SMILES string of the molecule is CC(c1ccc2ccccc2c1)c1ccccc1-c1ccccn1. The third-order valence-corrected chi connectivity index (χ3v) is 4.64. The van der Waals surface area contributed by atoms with Gasteiger partial charge in [0.15, 0.2) is 0 Å². The van der Waals surface area contributed by atoms with Gasteiger partial charge in [-0.2, -0.15) is 0 Å². The molecule has 0 aliphatic carbocycles. The van der Waals surface area contributed by atoms with Crippen LogP contribution in [0.15, 0.2) is 91.1 Å². The van der Waals surface area contributed by atoms with E-state index in [4.69, 9.17) is 0 Å². The third-order valence-electron chi connectivity index (χ3n) is 4.64. The first-order valence-electron chi connectivity index (χ1n) is 8.32. The van der Waals surface area contributed by atoms with Gasteiger partial charge in [-0.05, 0) is 34.0 Å². The van der Waals surface area contributed by atoms with Crippen molar-refractivity contribution >= 4 is 10.8 Å². The van der Waals surface area contributed by atoms with Gasteiger partial charge in [0.2, 0.25) is 0 Å². The first kappa shape index (κ1) is 14.6. The molecule has 4 aromatic rings. The molecule has 3 aromatic carbocycles. The molecule has 1 unspecified atom stereocenters. The zero-order valence-corrected chi connectivity index (χ0v) is 13.7. The molecule has 1 nitrogen and oxygen atoms in total. The molecule has 0 bridgehead atoms. The van der Waals surface area contributed by atoms with E-state index >= 15 is 0 Å². The fraction of sp³-hybridized carbons (Fsp3) is 0.0870. The molecule has 1 aromatic heterocycles. The molecule has 4 rings (SSSR count). The van der Waals surface area contributed by atoms with E-state index in [0.29, 0.717) is 5.92 Å². The van der Waals surface area contributed by atoms with E-state index in [9.17, 15) is 0 Å². The lowest BCUT2D eigenvalue weighted by Gasteiger charge is -2.17. The van der Waals surface area contributed by atoms with Crippen LogP contribution < -0.4 is 0 Å². The molecule has 1 atom stereocenters. The summed E-state index contributed by atoms with van der Waals surface area (Å²) in [6, 6.07) is 29.9. The molecule has 0 radical (unpaired) electrons. The molecular formula is C23H19N. The highest BCUT2D eigenvalue weighted by atomic mass is 14.7. The zero-order chi connectivity index (χ0) is 16.4. The summed E-state index contributed by atoms with van der Waals surface area (Å²) >= 11 is 0. The van der Waals surface area contributed by atoms with Crippen LogP contribution in [0.5, 0.6) is 0 Å².